The van der Waals surface area contributed by atoms with Crippen LogP contribution in [0.15, 0.2) is 59.2 Å². The minimum absolute atomic E-state index is 0.0472. The number of benzene rings is 2. The van der Waals surface area contributed by atoms with Gasteiger partial charge in [0.25, 0.3) is 0 Å². The van der Waals surface area contributed by atoms with Gasteiger partial charge in [-0.15, -0.1) is 0 Å². The summed E-state index contributed by atoms with van der Waals surface area (Å²) >= 11 is 9.78. The summed E-state index contributed by atoms with van der Waals surface area (Å²) < 4.78 is 1.03. The van der Waals surface area contributed by atoms with Crippen molar-refractivity contribution in [3.8, 4) is 0 Å². The SMILES string of the molecule is CNC(c1cc(Cl)ccc1Br)c1cccc2ncccc12. The Kier molecular flexibility index (Phi) is 4.24. The summed E-state index contributed by atoms with van der Waals surface area (Å²) in [6.45, 7) is 0. The molecule has 0 bridgehead atoms. The zero-order valence-corrected chi connectivity index (χ0v) is 13.8. The average Bonchev–Trinajstić information content (AvgIpc) is 2.51. The molecule has 3 rings (SSSR count). The molecule has 4 heteroatoms. The van der Waals surface area contributed by atoms with E-state index in [1.54, 1.807) is 0 Å². The number of hydrogen-bond acceptors (Lipinski definition) is 2. The normalized spacial score (nSPS) is 12.5. The summed E-state index contributed by atoms with van der Waals surface area (Å²) in [5, 5.41) is 5.25. The van der Waals surface area contributed by atoms with E-state index < -0.39 is 0 Å². The van der Waals surface area contributed by atoms with E-state index >= 15 is 0 Å². The lowest BCUT2D eigenvalue weighted by atomic mass is 9.95. The van der Waals surface area contributed by atoms with Gasteiger partial charge in [-0.2, -0.15) is 0 Å². The lowest BCUT2D eigenvalue weighted by Gasteiger charge is -2.20. The summed E-state index contributed by atoms with van der Waals surface area (Å²) in [7, 11) is 1.95. The quantitative estimate of drug-likeness (QED) is 0.713. The lowest BCUT2D eigenvalue weighted by molar-refractivity contribution is 0.694. The second-order valence-electron chi connectivity index (χ2n) is 4.80. The largest absolute Gasteiger partial charge is 0.309 e. The maximum absolute atomic E-state index is 6.16. The van der Waals surface area contributed by atoms with Crippen molar-refractivity contribution in [2.24, 2.45) is 0 Å². The smallest absolute Gasteiger partial charge is 0.0705 e. The van der Waals surface area contributed by atoms with Crippen LogP contribution in [0.3, 0.4) is 0 Å². The molecule has 0 aliphatic heterocycles. The zero-order chi connectivity index (χ0) is 14.8. The Hall–Kier alpha value is -1.42. The number of fused-ring (bicyclic) bond motifs is 1. The molecule has 0 radical (unpaired) electrons. The molecule has 1 aromatic heterocycles. The summed E-state index contributed by atoms with van der Waals surface area (Å²) in [5.41, 5.74) is 3.29. The molecular weight excluding hydrogens is 348 g/mol. The van der Waals surface area contributed by atoms with Gasteiger partial charge in [-0.05, 0) is 48.5 Å². The first-order chi connectivity index (χ1) is 10.2. The Labute approximate surface area is 137 Å². The van der Waals surface area contributed by atoms with E-state index in [9.17, 15) is 0 Å². The maximum Gasteiger partial charge on any atom is 0.0705 e. The molecule has 0 spiro atoms. The van der Waals surface area contributed by atoms with E-state index in [1.807, 2.05) is 49.6 Å². The molecule has 0 aliphatic carbocycles. The molecule has 0 aliphatic rings. The molecule has 1 unspecified atom stereocenters. The molecule has 0 fully saturated rings. The molecule has 1 atom stereocenters. The zero-order valence-electron chi connectivity index (χ0n) is 11.5. The van der Waals surface area contributed by atoms with E-state index in [4.69, 9.17) is 11.6 Å². The summed E-state index contributed by atoms with van der Waals surface area (Å²) in [5.74, 6) is 0. The fourth-order valence-corrected chi connectivity index (χ4v) is 3.25. The van der Waals surface area contributed by atoms with Gasteiger partial charge in [-0.25, -0.2) is 0 Å². The van der Waals surface area contributed by atoms with E-state index in [0.29, 0.717) is 0 Å². The Morgan fingerprint density at radius 3 is 2.76 bits per heavy atom. The van der Waals surface area contributed by atoms with E-state index in [0.717, 1.165) is 26.0 Å². The van der Waals surface area contributed by atoms with Gasteiger partial charge >= 0.3 is 0 Å². The first-order valence-electron chi connectivity index (χ1n) is 6.66. The minimum Gasteiger partial charge on any atom is -0.309 e. The summed E-state index contributed by atoms with van der Waals surface area (Å²) in [6.07, 6.45) is 1.82. The third kappa shape index (κ3) is 2.82. The minimum atomic E-state index is 0.0472. The van der Waals surface area contributed by atoms with Gasteiger partial charge in [-0.1, -0.05) is 45.7 Å². The number of rotatable bonds is 3. The summed E-state index contributed by atoms with van der Waals surface area (Å²) in [4.78, 5) is 4.43. The number of hydrogen-bond donors (Lipinski definition) is 1. The molecule has 1 heterocycles. The first-order valence-corrected chi connectivity index (χ1v) is 7.83. The van der Waals surface area contributed by atoms with Crippen LogP contribution < -0.4 is 5.32 Å². The average molecular weight is 362 g/mol. The van der Waals surface area contributed by atoms with Crippen molar-refractivity contribution in [2.45, 2.75) is 6.04 Å². The van der Waals surface area contributed by atoms with Crippen molar-refractivity contribution < 1.29 is 0 Å². The number of pyridine rings is 1. The molecule has 106 valence electrons. The standard InChI is InChI=1S/C17H14BrClN2/c1-20-17(14-10-11(19)7-8-15(14)18)13-4-2-6-16-12(13)5-3-9-21-16/h2-10,17,20H,1H3. The van der Waals surface area contributed by atoms with Crippen molar-refractivity contribution in [1.82, 2.24) is 10.3 Å². The topological polar surface area (TPSA) is 24.9 Å². The van der Waals surface area contributed by atoms with Crippen LogP contribution >= 0.6 is 27.5 Å². The number of nitrogens with zero attached hydrogens (tertiary/aromatic N) is 1. The van der Waals surface area contributed by atoms with Crippen molar-refractivity contribution in [3.63, 3.8) is 0 Å². The maximum atomic E-state index is 6.16. The fraction of sp³-hybridized carbons (Fsp3) is 0.118. The van der Waals surface area contributed by atoms with Gasteiger partial charge in [0.15, 0.2) is 0 Å². The van der Waals surface area contributed by atoms with Crippen LogP contribution in [-0.4, -0.2) is 12.0 Å². The van der Waals surface area contributed by atoms with Crippen LogP contribution in [0.4, 0.5) is 0 Å². The Morgan fingerprint density at radius 1 is 1.10 bits per heavy atom. The third-order valence-corrected chi connectivity index (χ3v) is 4.51. The highest BCUT2D eigenvalue weighted by atomic mass is 79.9. The molecule has 0 saturated carbocycles. The Balaban J connectivity index is 2.21. The van der Waals surface area contributed by atoms with Gasteiger partial charge in [0, 0.05) is 21.1 Å². The van der Waals surface area contributed by atoms with Gasteiger partial charge in [0.2, 0.25) is 0 Å². The summed E-state index contributed by atoms with van der Waals surface area (Å²) in [6, 6.07) is 16.1. The van der Waals surface area contributed by atoms with Crippen LogP contribution in [0.2, 0.25) is 5.02 Å². The first kappa shape index (κ1) is 14.5. The van der Waals surface area contributed by atoms with Crippen molar-refractivity contribution >= 4 is 38.4 Å². The predicted molar refractivity (Wildman–Crippen MR) is 91.8 cm³/mol. The van der Waals surface area contributed by atoms with E-state index in [2.05, 4.69) is 38.4 Å². The second-order valence-corrected chi connectivity index (χ2v) is 6.10. The Bertz CT molecular complexity index is 783. The van der Waals surface area contributed by atoms with Crippen LogP contribution in [0, 0.1) is 0 Å². The van der Waals surface area contributed by atoms with E-state index in [-0.39, 0.29) is 6.04 Å². The third-order valence-electron chi connectivity index (χ3n) is 3.55. The number of aromatic nitrogens is 1. The molecule has 0 saturated heterocycles. The van der Waals surface area contributed by atoms with Crippen molar-refractivity contribution in [2.75, 3.05) is 7.05 Å². The molecule has 3 aromatic rings. The molecule has 2 aromatic carbocycles. The van der Waals surface area contributed by atoms with Crippen molar-refractivity contribution in [1.29, 1.82) is 0 Å². The second kappa shape index (κ2) is 6.14. The van der Waals surface area contributed by atoms with Gasteiger partial charge in [-0.3, -0.25) is 4.98 Å². The molecule has 0 amide bonds. The Morgan fingerprint density at radius 2 is 1.95 bits per heavy atom. The van der Waals surface area contributed by atoms with Gasteiger partial charge in [0.05, 0.1) is 11.6 Å². The van der Waals surface area contributed by atoms with Crippen LogP contribution in [0.1, 0.15) is 17.2 Å². The number of halogens is 2. The molecule has 21 heavy (non-hydrogen) atoms. The highest BCUT2D eigenvalue weighted by molar-refractivity contribution is 9.10. The van der Waals surface area contributed by atoms with Crippen LogP contribution in [-0.2, 0) is 0 Å². The number of nitrogens with one attached hydrogen (secondary N) is 1. The lowest BCUT2D eigenvalue weighted by Crippen LogP contribution is -2.18. The van der Waals surface area contributed by atoms with Crippen LogP contribution in [0.5, 0.6) is 0 Å². The molecule has 1 N–H and O–H groups in total. The molecule has 2 nitrogen and oxygen atoms in total. The van der Waals surface area contributed by atoms with Crippen molar-refractivity contribution in [3.05, 3.63) is 75.4 Å². The predicted octanol–water partition coefficient (Wildman–Crippen LogP) is 4.96. The monoisotopic (exact) mass is 360 g/mol. The van der Waals surface area contributed by atoms with Gasteiger partial charge < -0.3 is 5.32 Å². The van der Waals surface area contributed by atoms with Crippen LogP contribution in [0.25, 0.3) is 10.9 Å². The van der Waals surface area contributed by atoms with Gasteiger partial charge in [0.1, 0.15) is 0 Å². The fourth-order valence-electron chi connectivity index (χ4n) is 2.59. The van der Waals surface area contributed by atoms with E-state index in [1.165, 1.54) is 5.56 Å². The molecular formula is C17H14BrClN2. The highest BCUT2D eigenvalue weighted by Gasteiger charge is 2.17. The highest BCUT2D eigenvalue weighted by Crippen LogP contribution is 2.33.